The summed E-state index contributed by atoms with van der Waals surface area (Å²) in [5.41, 5.74) is 2.24. The van der Waals surface area contributed by atoms with Crippen molar-refractivity contribution in [2.24, 2.45) is 0 Å². The van der Waals surface area contributed by atoms with Gasteiger partial charge >= 0.3 is 5.97 Å². The summed E-state index contributed by atoms with van der Waals surface area (Å²) in [5, 5.41) is 8.72. The lowest BCUT2D eigenvalue weighted by Crippen LogP contribution is -2.06. The Balaban J connectivity index is 2.22. The van der Waals surface area contributed by atoms with Crippen LogP contribution in [0.4, 0.5) is 4.39 Å². The largest absolute Gasteiger partial charge is 0.488 e. The van der Waals surface area contributed by atoms with Crippen LogP contribution in [0.3, 0.4) is 0 Å². The molecule has 0 amide bonds. The Bertz CT molecular complexity index is 671. The molecular weight excluding hydrogens is 285 g/mol. The van der Waals surface area contributed by atoms with E-state index in [2.05, 4.69) is 4.98 Å². The lowest BCUT2D eigenvalue weighted by atomic mass is 10.0. The van der Waals surface area contributed by atoms with Crippen LogP contribution in [0.2, 0.25) is 0 Å². The molecule has 0 saturated carbocycles. The van der Waals surface area contributed by atoms with Crippen LogP contribution in [-0.4, -0.2) is 22.2 Å². The van der Waals surface area contributed by atoms with Crippen LogP contribution in [0, 0.1) is 5.82 Å². The molecule has 5 heteroatoms. The first-order chi connectivity index (χ1) is 10.5. The molecule has 0 unspecified atom stereocenters. The van der Waals surface area contributed by atoms with Gasteiger partial charge in [-0.2, -0.15) is 0 Å². The fourth-order valence-electron chi connectivity index (χ4n) is 2.06. The number of ether oxygens (including phenoxy) is 1. The van der Waals surface area contributed by atoms with Crippen molar-refractivity contribution in [1.29, 1.82) is 0 Å². The van der Waals surface area contributed by atoms with E-state index in [1.807, 2.05) is 19.9 Å². The number of rotatable bonds is 6. The van der Waals surface area contributed by atoms with Crippen molar-refractivity contribution in [3.05, 3.63) is 48.0 Å². The van der Waals surface area contributed by atoms with Gasteiger partial charge in [-0.05, 0) is 49.6 Å². The van der Waals surface area contributed by atoms with Crippen molar-refractivity contribution in [1.82, 2.24) is 4.98 Å². The highest BCUT2D eigenvalue weighted by Crippen LogP contribution is 2.26. The zero-order valence-electron chi connectivity index (χ0n) is 12.5. The first-order valence-electron chi connectivity index (χ1n) is 7.08. The third-order valence-electron chi connectivity index (χ3n) is 3.05. The van der Waals surface area contributed by atoms with Crippen molar-refractivity contribution in [3.8, 4) is 16.9 Å². The summed E-state index contributed by atoms with van der Waals surface area (Å²) in [6.07, 6.45) is 3.59. The van der Waals surface area contributed by atoms with Gasteiger partial charge < -0.3 is 9.84 Å². The van der Waals surface area contributed by atoms with Crippen LogP contribution < -0.4 is 4.74 Å². The molecule has 1 heterocycles. The van der Waals surface area contributed by atoms with Gasteiger partial charge in [0.05, 0.1) is 6.10 Å². The average Bonchev–Trinajstić information content (AvgIpc) is 2.47. The Morgan fingerprint density at radius 1 is 1.27 bits per heavy atom. The van der Waals surface area contributed by atoms with Crippen molar-refractivity contribution in [3.63, 3.8) is 0 Å². The Kier molecular flexibility index (Phi) is 5.09. The standard InChI is InChI=1S/C17H18FNO3/c1-11(2)22-16-5-4-13(8-15(16)18)14-7-12(9-19-10-14)3-6-17(20)21/h4-5,7-11H,3,6H2,1-2H3,(H,20,21). The summed E-state index contributed by atoms with van der Waals surface area (Å²) in [4.78, 5) is 14.7. The zero-order chi connectivity index (χ0) is 16.1. The first kappa shape index (κ1) is 15.9. The SMILES string of the molecule is CC(C)Oc1ccc(-c2cncc(CCC(=O)O)c2)cc1F. The minimum atomic E-state index is -0.855. The summed E-state index contributed by atoms with van der Waals surface area (Å²) >= 11 is 0. The number of halogens is 1. The summed E-state index contributed by atoms with van der Waals surface area (Å²) in [6.45, 7) is 3.67. The van der Waals surface area contributed by atoms with Crippen LogP contribution in [0.15, 0.2) is 36.7 Å². The van der Waals surface area contributed by atoms with Crippen molar-refractivity contribution in [2.45, 2.75) is 32.8 Å². The molecule has 4 nitrogen and oxygen atoms in total. The number of carboxylic acids is 1. The quantitative estimate of drug-likeness (QED) is 0.884. The van der Waals surface area contributed by atoms with E-state index in [1.54, 1.807) is 24.5 Å². The average molecular weight is 303 g/mol. The Morgan fingerprint density at radius 2 is 2.05 bits per heavy atom. The predicted molar refractivity (Wildman–Crippen MR) is 81.4 cm³/mol. The number of carbonyl (C=O) groups is 1. The molecule has 22 heavy (non-hydrogen) atoms. The maximum atomic E-state index is 14.0. The smallest absolute Gasteiger partial charge is 0.303 e. The number of hydrogen-bond acceptors (Lipinski definition) is 3. The highest BCUT2D eigenvalue weighted by atomic mass is 19.1. The summed E-state index contributed by atoms with van der Waals surface area (Å²) in [5.74, 6) is -1.07. The monoisotopic (exact) mass is 303 g/mol. The maximum absolute atomic E-state index is 14.0. The third kappa shape index (κ3) is 4.28. The van der Waals surface area contributed by atoms with Gasteiger partial charge in [0.1, 0.15) is 0 Å². The summed E-state index contributed by atoms with van der Waals surface area (Å²) in [6, 6.07) is 6.58. The molecule has 2 aromatic rings. The van der Waals surface area contributed by atoms with E-state index in [1.165, 1.54) is 6.07 Å². The van der Waals surface area contributed by atoms with Gasteiger partial charge in [-0.15, -0.1) is 0 Å². The van der Waals surface area contributed by atoms with Crippen molar-refractivity contribution >= 4 is 5.97 Å². The number of hydrogen-bond donors (Lipinski definition) is 1. The van der Waals surface area contributed by atoms with E-state index < -0.39 is 11.8 Å². The van der Waals surface area contributed by atoms with Crippen LogP contribution in [0.1, 0.15) is 25.8 Å². The predicted octanol–water partition coefficient (Wildman–Crippen LogP) is 3.69. The van der Waals surface area contributed by atoms with Crippen molar-refractivity contribution in [2.75, 3.05) is 0 Å². The van der Waals surface area contributed by atoms with Gasteiger partial charge in [0, 0.05) is 24.4 Å². The normalized spacial score (nSPS) is 10.7. The molecule has 1 aromatic carbocycles. The zero-order valence-corrected chi connectivity index (χ0v) is 12.5. The topological polar surface area (TPSA) is 59.4 Å². The van der Waals surface area contributed by atoms with E-state index >= 15 is 0 Å². The molecule has 0 fully saturated rings. The Labute approximate surface area is 128 Å². The fraction of sp³-hybridized carbons (Fsp3) is 0.294. The second kappa shape index (κ2) is 7.02. The van der Waals surface area contributed by atoms with Gasteiger partial charge in [-0.3, -0.25) is 9.78 Å². The second-order valence-corrected chi connectivity index (χ2v) is 5.29. The van der Waals surface area contributed by atoms with Crippen molar-refractivity contribution < 1.29 is 19.0 Å². The van der Waals surface area contributed by atoms with Gasteiger partial charge in [0.15, 0.2) is 11.6 Å². The molecule has 116 valence electrons. The third-order valence-corrected chi connectivity index (χ3v) is 3.05. The molecule has 1 aromatic heterocycles. The highest BCUT2D eigenvalue weighted by molar-refractivity contribution is 5.68. The summed E-state index contributed by atoms with van der Waals surface area (Å²) in [7, 11) is 0. The van der Waals surface area contributed by atoms with Gasteiger partial charge in [-0.25, -0.2) is 4.39 Å². The van der Waals surface area contributed by atoms with E-state index in [-0.39, 0.29) is 18.3 Å². The van der Waals surface area contributed by atoms with E-state index in [0.29, 0.717) is 12.0 Å². The van der Waals surface area contributed by atoms with Gasteiger partial charge in [0.2, 0.25) is 0 Å². The van der Waals surface area contributed by atoms with E-state index in [9.17, 15) is 9.18 Å². The van der Waals surface area contributed by atoms with Crippen LogP contribution in [0.5, 0.6) is 5.75 Å². The molecule has 0 atom stereocenters. The number of nitrogens with zero attached hydrogens (tertiary/aromatic N) is 1. The Hall–Kier alpha value is -2.43. The molecule has 0 spiro atoms. The Morgan fingerprint density at radius 3 is 2.68 bits per heavy atom. The number of benzene rings is 1. The lowest BCUT2D eigenvalue weighted by Gasteiger charge is -2.11. The van der Waals surface area contributed by atoms with Crippen LogP contribution in [-0.2, 0) is 11.2 Å². The van der Waals surface area contributed by atoms with E-state index in [0.717, 1.165) is 11.1 Å². The number of aryl methyl sites for hydroxylation is 1. The molecule has 2 rings (SSSR count). The minimum Gasteiger partial charge on any atom is -0.488 e. The molecule has 0 aliphatic heterocycles. The molecule has 0 saturated heterocycles. The first-order valence-corrected chi connectivity index (χ1v) is 7.08. The number of carboxylic acid groups (broad SMARTS) is 1. The maximum Gasteiger partial charge on any atom is 0.303 e. The van der Waals surface area contributed by atoms with Crippen LogP contribution in [0.25, 0.3) is 11.1 Å². The van der Waals surface area contributed by atoms with Gasteiger partial charge in [-0.1, -0.05) is 6.07 Å². The number of aromatic nitrogens is 1. The number of pyridine rings is 1. The second-order valence-electron chi connectivity index (χ2n) is 5.29. The summed E-state index contributed by atoms with van der Waals surface area (Å²) < 4.78 is 19.4. The molecule has 1 N–H and O–H groups in total. The van der Waals surface area contributed by atoms with Crippen LogP contribution >= 0.6 is 0 Å². The fourth-order valence-corrected chi connectivity index (χ4v) is 2.06. The van der Waals surface area contributed by atoms with Gasteiger partial charge in [0.25, 0.3) is 0 Å². The molecule has 0 aliphatic carbocycles. The highest BCUT2D eigenvalue weighted by Gasteiger charge is 2.09. The molecular formula is C17H18FNO3. The molecule has 0 aliphatic rings. The van der Waals surface area contributed by atoms with E-state index in [4.69, 9.17) is 9.84 Å². The number of aliphatic carboxylic acids is 1. The minimum absolute atomic E-state index is 0.0423. The molecule has 0 radical (unpaired) electrons. The molecule has 0 bridgehead atoms. The lowest BCUT2D eigenvalue weighted by molar-refractivity contribution is -0.136.